The molecule has 8 heteroatoms. The molecule has 5 nitrogen and oxygen atoms in total. The number of aromatic nitrogens is 3. The van der Waals surface area contributed by atoms with E-state index >= 15 is 0 Å². The van der Waals surface area contributed by atoms with Crippen LogP contribution in [0.25, 0.3) is 5.65 Å². The van der Waals surface area contributed by atoms with Gasteiger partial charge in [-0.2, -0.15) is 0 Å². The lowest BCUT2D eigenvalue weighted by Gasteiger charge is -2.34. The number of phenolic OH excluding ortho intramolecular Hbond substituents is 1. The molecule has 1 aliphatic carbocycles. The van der Waals surface area contributed by atoms with Crippen molar-refractivity contribution in [2.75, 3.05) is 18.0 Å². The third-order valence-electron chi connectivity index (χ3n) is 6.10. The van der Waals surface area contributed by atoms with Crippen LogP contribution in [0.1, 0.15) is 43.0 Å². The van der Waals surface area contributed by atoms with Crippen LogP contribution < -0.4 is 4.90 Å². The number of hydrogen-bond acceptors (Lipinski definition) is 4. The molecular weight excluding hydrogens is 398 g/mol. The Morgan fingerprint density at radius 3 is 2.48 bits per heavy atom. The Balaban J connectivity index is 1.36. The Hall–Kier alpha value is -2.41. The van der Waals surface area contributed by atoms with Crippen LogP contribution in [-0.4, -0.2) is 32.8 Å². The summed E-state index contributed by atoms with van der Waals surface area (Å²) >= 11 is 6.65. The molecule has 1 saturated carbocycles. The normalized spacial score (nSPS) is 18.0. The first kappa shape index (κ1) is 18.6. The number of nitrogens with zero attached hydrogens (tertiary/aromatic N) is 4. The number of anilines is 1. The first-order chi connectivity index (χ1) is 14.0. The van der Waals surface area contributed by atoms with Gasteiger partial charge >= 0.3 is 0 Å². The van der Waals surface area contributed by atoms with E-state index in [1.54, 1.807) is 0 Å². The van der Waals surface area contributed by atoms with E-state index in [0.717, 1.165) is 30.1 Å². The molecule has 0 spiro atoms. The van der Waals surface area contributed by atoms with E-state index in [9.17, 15) is 13.9 Å². The van der Waals surface area contributed by atoms with Gasteiger partial charge in [-0.1, -0.05) is 11.6 Å². The molecule has 0 unspecified atom stereocenters. The van der Waals surface area contributed by atoms with Gasteiger partial charge < -0.3 is 10.0 Å². The number of piperidine rings is 1. The fourth-order valence-electron chi connectivity index (χ4n) is 4.28. The van der Waals surface area contributed by atoms with Crippen molar-refractivity contribution in [3.8, 4) is 5.75 Å². The molecule has 2 aliphatic rings. The minimum absolute atomic E-state index is 0.0772. The summed E-state index contributed by atoms with van der Waals surface area (Å²) in [7, 11) is 0. The molecule has 0 amide bonds. The third-order valence-corrected chi connectivity index (χ3v) is 6.46. The van der Waals surface area contributed by atoms with Gasteiger partial charge in [-0.3, -0.25) is 4.40 Å². The summed E-state index contributed by atoms with van der Waals surface area (Å²) in [5, 5.41) is 19.1. The van der Waals surface area contributed by atoms with Crippen LogP contribution in [0, 0.1) is 17.6 Å². The van der Waals surface area contributed by atoms with Gasteiger partial charge in [-0.15, -0.1) is 10.2 Å². The predicted octanol–water partition coefficient (Wildman–Crippen LogP) is 4.70. The molecule has 152 valence electrons. The van der Waals surface area contributed by atoms with E-state index in [4.69, 9.17) is 11.6 Å². The lowest BCUT2D eigenvalue weighted by molar-refractivity contribution is 0.396. The van der Waals surface area contributed by atoms with Crippen LogP contribution >= 0.6 is 11.6 Å². The Kier molecular flexibility index (Phi) is 4.57. The maximum atomic E-state index is 14.2. The summed E-state index contributed by atoms with van der Waals surface area (Å²) < 4.78 is 29.8. The van der Waals surface area contributed by atoms with Crippen molar-refractivity contribution in [1.82, 2.24) is 14.6 Å². The summed E-state index contributed by atoms with van der Waals surface area (Å²) in [6.07, 6.45) is 6.56. The zero-order valence-electron chi connectivity index (χ0n) is 15.8. The molecule has 2 aromatic heterocycles. The van der Waals surface area contributed by atoms with Crippen LogP contribution in [0.3, 0.4) is 0 Å². The highest BCUT2D eigenvalue weighted by molar-refractivity contribution is 6.36. The molecule has 1 N–H and O–H groups in total. The summed E-state index contributed by atoms with van der Waals surface area (Å²) in [5.74, 6) is -0.511. The maximum absolute atomic E-state index is 14.2. The zero-order chi connectivity index (χ0) is 20.1. The van der Waals surface area contributed by atoms with Gasteiger partial charge in [0.05, 0.1) is 5.69 Å². The van der Waals surface area contributed by atoms with E-state index in [-0.39, 0.29) is 11.5 Å². The number of rotatable bonds is 4. The number of phenols is 1. The maximum Gasteiger partial charge on any atom is 0.181 e. The number of pyridine rings is 1. The van der Waals surface area contributed by atoms with Gasteiger partial charge in [0, 0.05) is 31.3 Å². The van der Waals surface area contributed by atoms with E-state index in [0.29, 0.717) is 42.5 Å². The first-order valence-corrected chi connectivity index (χ1v) is 10.3. The van der Waals surface area contributed by atoms with Crippen molar-refractivity contribution in [2.45, 2.75) is 38.0 Å². The third kappa shape index (κ3) is 3.31. The minimum atomic E-state index is -0.786. The number of benzene rings is 1. The van der Waals surface area contributed by atoms with Gasteiger partial charge in [-0.05, 0) is 55.7 Å². The molecule has 0 bridgehead atoms. The summed E-state index contributed by atoms with van der Waals surface area (Å²) in [6, 6.07) is 4.00. The number of fused-ring (bicyclic) bond motifs is 1. The SMILES string of the molecule is Oc1c(F)ccc(F)c1C1CCN(c2ccn3c(CC4CC4)nnc3c2Cl)CC1. The molecular formula is C21H21ClF2N4O. The van der Waals surface area contributed by atoms with Crippen molar-refractivity contribution in [3.63, 3.8) is 0 Å². The van der Waals surface area contributed by atoms with Gasteiger partial charge in [-0.25, -0.2) is 8.78 Å². The van der Waals surface area contributed by atoms with Gasteiger partial charge in [0.1, 0.15) is 16.7 Å². The Labute approximate surface area is 171 Å². The molecule has 0 radical (unpaired) electrons. The van der Waals surface area contributed by atoms with Gasteiger partial charge in [0.25, 0.3) is 0 Å². The fraction of sp³-hybridized carbons (Fsp3) is 0.429. The van der Waals surface area contributed by atoms with Crippen molar-refractivity contribution in [2.24, 2.45) is 5.92 Å². The number of hydrogen-bond donors (Lipinski definition) is 1. The topological polar surface area (TPSA) is 53.7 Å². The summed E-state index contributed by atoms with van der Waals surface area (Å²) in [4.78, 5) is 2.13. The molecule has 3 heterocycles. The quantitative estimate of drug-likeness (QED) is 0.667. The summed E-state index contributed by atoms with van der Waals surface area (Å²) in [5.41, 5.74) is 1.59. The van der Waals surface area contributed by atoms with Crippen molar-refractivity contribution in [1.29, 1.82) is 0 Å². The van der Waals surface area contributed by atoms with Crippen LogP contribution in [0.2, 0.25) is 5.02 Å². The zero-order valence-corrected chi connectivity index (χ0v) is 16.5. The highest BCUT2D eigenvalue weighted by Crippen LogP contribution is 2.40. The highest BCUT2D eigenvalue weighted by Gasteiger charge is 2.29. The standard InChI is InChI=1S/C21H21ClF2N4O/c22-19-16(7-10-28-17(11-12-1-2-12)25-26-21(19)28)27-8-5-13(6-9-27)18-14(23)3-4-15(24)20(18)29/h3-4,7,10,12-13,29H,1-2,5-6,8-9,11H2. The number of aromatic hydroxyl groups is 1. The van der Waals surface area contributed by atoms with E-state index in [1.165, 1.54) is 12.8 Å². The van der Waals surface area contributed by atoms with Gasteiger partial charge in [0.2, 0.25) is 0 Å². The fourth-order valence-corrected chi connectivity index (χ4v) is 4.59. The number of halogens is 3. The molecule has 1 saturated heterocycles. The molecule has 0 atom stereocenters. The largest absolute Gasteiger partial charge is 0.505 e. The van der Waals surface area contributed by atoms with Crippen molar-refractivity contribution in [3.05, 3.63) is 52.4 Å². The molecule has 2 fully saturated rings. The van der Waals surface area contributed by atoms with E-state index in [2.05, 4.69) is 15.1 Å². The second-order valence-electron chi connectivity index (χ2n) is 8.03. The molecule has 1 aliphatic heterocycles. The average Bonchev–Trinajstić information content (AvgIpc) is 3.44. The average molecular weight is 419 g/mol. The molecule has 1 aromatic carbocycles. The summed E-state index contributed by atoms with van der Waals surface area (Å²) in [6.45, 7) is 1.25. The Bertz CT molecular complexity index is 1070. The molecule has 29 heavy (non-hydrogen) atoms. The van der Waals surface area contributed by atoms with Gasteiger partial charge in [0.15, 0.2) is 17.2 Å². The second kappa shape index (κ2) is 7.13. The van der Waals surface area contributed by atoms with Crippen molar-refractivity contribution >= 4 is 22.9 Å². The van der Waals surface area contributed by atoms with Crippen LogP contribution in [0.5, 0.6) is 5.75 Å². The Morgan fingerprint density at radius 2 is 1.76 bits per heavy atom. The minimum Gasteiger partial charge on any atom is -0.505 e. The van der Waals surface area contributed by atoms with Crippen molar-refractivity contribution < 1.29 is 13.9 Å². The second-order valence-corrected chi connectivity index (χ2v) is 8.40. The van der Waals surface area contributed by atoms with Crippen LogP contribution in [0.4, 0.5) is 14.5 Å². The van der Waals surface area contributed by atoms with Crippen LogP contribution in [-0.2, 0) is 6.42 Å². The van der Waals surface area contributed by atoms with E-state index in [1.807, 2.05) is 16.7 Å². The smallest absolute Gasteiger partial charge is 0.181 e. The predicted molar refractivity (Wildman–Crippen MR) is 107 cm³/mol. The first-order valence-electron chi connectivity index (χ1n) is 9.97. The molecule has 3 aromatic rings. The lowest BCUT2D eigenvalue weighted by atomic mass is 9.88. The monoisotopic (exact) mass is 418 g/mol. The lowest BCUT2D eigenvalue weighted by Crippen LogP contribution is -2.33. The van der Waals surface area contributed by atoms with Crippen LogP contribution in [0.15, 0.2) is 24.4 Å². The molecule has 5 rings (SSSR count). The van der Waals surface area contributed by atoms with E-state index < -0.39 is 17.4 Å². The highest BCUT2D eigenvalue weighted by atomic mass is 35.5. The Morgan fingerprint density at radius 1 is 1.03 bits per heavy atom.